The van der Waals surface area contributed by atoms with Gasteiger partial charge in [0.25, 0.3) is 0 Å². The fourth-order valence-electron chi connectivity index (χ4n) is 3.01. The van der Waals surface area contributed by atoms with Crippen molar-refractivity contribution in [2.45, 2.75) is 57.2 Å². The fourth-order valence-corrected chi connectivity index (χ4v) is 3.01. The van der Waals surface area contributed by atoms with Gasteiger partial charge in [0.1, 0.15) is 0 Å². The molecule has 1 aromatic carbocycles. The predicted molar refractivity (Wildman–Crippen MR) is 74.2 cm³/mol. The zero-order valence-corrected chi connectivity index (χ0v) is 11.6. The van der Waals surface area contributed by atoms with Crippen LogP contribution in [-0.4, -0.2) is 0 Å². The third-order valence-electron chi connectivity index (χ3n) is 4.23. The fraction of sp³-hybridized carbons (Fsp3) is 0.625. The molecule has 1 aromatic rings. The molecule has 0 saturated heterocycles. The highest BCUT2D eigenvalue weighted by atomic mass is 19.4. The van der Waals surface area contributed by atoms with Crippen LogP contribution < -0.4 is 5.73 Å². The molecule has 1 saturated carbocycles. The number of benzene rings is 1. The molecule has 1 unspecified atom stereocenters. The van der Waals surface area contributed by atoms with Crippen LogP contribution in [0.15, 0.2) is 24.3 Å². The Bertz CT molecular complexity index is 403. The Kier molecular flexibility index (Phi) is 5.08. The quantitative estimate of drug-likeness (QED) is 0.771. The Hall–Kier alpha value is -1.03. The van der Waals surface area contributed by atoms with Gasteiger partial charge in [0.15, 0.2) is 0 Å². The van der Waals surface area contributed by atoms with E-state index in [1.165, 1.54) is 50.7 Å². The Morgan fingerprint density at radius 3 is 2.05 bits per heavy atom. The number of halogens is 3. The standard InChI is InChI=1S/C16H22F3N/c17-16(18,19)14-9-7-13(8-10-14)15(20)11-12-5-3-1-2-4-6-12/h7-10,12,15H,1-6,11,20H2. The van der Waals surface area contributed by atoms with Crippen molar-refractivity contribution in [3.8, 4) is 0 Å². The predicted octanol–water partition coefficient (Wildman–Crippen LogP) is 5.07. The minimum Gasteiger partial charge on any atom is -0.324 e. The van der Waals surface area contributed by atoms with Crippen molar-refractivity contribution in [2.24, 2.45) is 11.7 Å². The van der Waals surface area contributed by atoms with Crippen LogP contribution >= 0.6 is 0 Å². The summed E-state index contributed by atoms with van der Waals surface area (Å²) in [7, 11) is 0. The van der Waals surface area contributed by atoms with Gasteiger partial charge in [-0.1, -0.05) is 50.7 Å². The van der Waals surface area contributed by atoms with Gasteiger partial charge >= 0.3 is 6.18 Å². The van der Waals surface area contributed by atoms with E-state index in [0.717, 1.165) is 24.1 Å². The maximum Gasteiger partial charge on any atom is 0.416 e. The summed E-state index contributed by atoms with van der Waals surface area (Å²) in [5, 5.41) is 0. The highest BCUT2D eigenvalue weighted by molar-refractivity contribution is 5.26. The van der Waals surface area contributed by atoms with Crippen LogP contribution in [0.2, 0.25) is 0 Å². The van der Waals surface area contributed by atoms with Crippen LogP contribution in [-0.2, 0) is 6.18 Å². The van der Waals surface area contributed by atoms with Crippen LogP contribution in [0.1, 0.15) is 62.1 Å². The molecule has 0 heterocycles. The molecule has 20 heavy (non-hydrogen) atoms. The largest absolute Gasteiger partial charge is 0.416 e. The number of nitrogens with two attached hydrogens (primary N) is 1. The van der Waals surface area contributed by atoms with E-state index < -0.39 is 11.7 Å². The summed E-state index contributed by atoms with van der Waals surface area (Å²) in [5.41, 5.74) is 6.35. The third kappa shape index (κ3) is 4.23. The second kappa shape index (κ2) is 6.61. The van der Waals surface area contributed by atoms with Crippen LogP contribution in [0.25, 0.3) is 0 Å². The molecule has 1 aliphatic carbocycles. The van der Waals surface area contributed by atoms with E-state index in [-0.39, 0.29) is 6.04 Å². The van der Waals surface area contributed by atoms with E-state index in [9.17, 15) is 13.2 Å². The topological polar surface area (TPSA) is 26.0 Å². The summed E-state index contributed by atoms with van der Waals surface area (Å²) in [5.74, 6) is 0.620. The van der Waals surface area contributed by atoms with Crippen molar-refractivity contribution in [2.75, 3.05) is 0 Å². The minimum atomic E-state index is -4.27. The average Bonchev–Trinajstić information content (AvgIpc) is 2.66. The van der Waals surface area contributed by atoms with Crippen LogP contribution in [0.3, 0.4) is 0 Å². The number of rotatable bonds is 3. The van der Waals surface area contributed by atoms with E-state index in [0.29, 0.717) is 5.92 Å². The first-order chi connectivity index (χ1) is 9.47. The molecule has 1 atom stereocenters. The van der Waals surface area contributed by atoms with Crippen molar-refractivity contribution in [3.63, 3.8) is 0 Å². The maximum absolute atomic E-state index is 12.5. The molecule has 0 amide bonds. The SMILES string of the molecule is NC(CC1CCCCCC1)c1ccc(C(F)(F)F)cc1. The Morgan fingerprint density at radius 2 is 1.55 bits per heavy atom. The average molecular weight is 285 g/mol. The minimum absolute atomic E-state index is 0.152. The number of hydrogen-bond acceptors (Lipinski definition) is 1. The van der Waals surface area contributed by atoms with E-state index in [4.69, 9.17) is 5.73 Å². The molecule has 1 nitrogen and oxygen atoms in total. The maximum atomic E-state index is 12.5. The van der Waals surface area contributed by atoms with Gasteiger partial charge in [0.05, 0.1) is 5.56 Å². The van der Waals surface area contributed by atoms with Gasteiger partial charge < -0.3 is 5.73 Å². The molecule has 0 bridgehead atoms. The van der Waals surface area contributed by atoms with E-state index >= 15 is 0 Å². The van der Waals surface area contributed by atoms with Crippen LogP contribution in [0.5, 0.6) is 0 Å². The second-order valence-corrected chi connectivity index (χ2v) is 5.82. The lowest BCUT2D eigenvalue weighted by atomic mass is 9.90. The normalized spacial score (nSPS) is 19.6. The number of alkyl halides is 3. The summed E-state index contributed by atoms with van der Waals surface area (Å²) in [6, 6.07) is 5.14. The zero-order valence-electron chi connectivity index (χ0n) is 11.6. The summed E-state index contributed by atoms with van der Waals surface area (Å²) in [6.07, 6.45) is 4.12. The zero-order chi connectivity index (χ0) is 14.6. The van der Waals surface area contributed by atoms with Gasteiger partial charge in [-0.2, -0.15) is 13.2 Å². The van der Waals surface area contributed by atoms with E-state index in [2.05, 4.69) is 0 Å². The van der Waals surface area contributed by atoms with Gasteiger partial charge in [0, 0.05) is 6.04 Å². The lowest BCUT2D eigenvalue weighted by Crippen LogP contribution is -2.16. The molecule has 2 N–H and O–H groups in total. The van der Waals surface area contributed by atoms with Gasteiger partial charge in [0.2, 0.25) is 0 Å². The van der Waals surface area contributed by atoms with Crippen LogP contribution in [0, 0.1) is 5.92 Å². The molecule has 0 radical (unpaired) electrons. The van der Waals surface area contributed by atoms with Crippen LogP contribution in [0.4, 0.5) is 13.2 Å². The monoisotopic (exact) mass is 285 g/mol. The lowest BCUT2D eigenvalue weighted by molar-refractivity contribution is -0.137. The molecule has 0 spiro atoms. The second-order valence-electron chi connectivity index (χ2n) is 5.82. The molecule has 1 aliphatic rings. The molecular weight excluding hydrogens is 263 g/mol. The van der Waals surface area contributed by atoms with Gasteiger partial charge in [-0.3, -0.25) is 0 Å². The van der Waals surface area contributed by atoms with Crippen molar-refractivity contribution < 1.29 is 13.2 Å². The van der Waals surface area contributed by atoms with Crippen molar-refractivity contribution >= 4 is 0 Å². The Labute approximate surface area is 118 Å². The molecule has 0 aliphatic heterocycles. The Morgan fingerprint density at radius 1 is 1.00 bits per heavy atom. The first kappa shape index (κ1) is 15.4. The smallest absolute Gasteiger partial charge is 0.324 e. The summed E-state index contributed by atoms with van der Waals surface area (Å²) < 4.78 is 37.5. The van der Waals surface area contributed by atoms with E-state index in [1.807, 2.05) is 0 Å². The lowest BCUT2D eigenvalue weighted by Gasteiger charge is -2.20. The third-order valence-corrected chi connectivity index (χ3v) is 4.23. The van der Waals surface area contributed by atoms with Crippen molar-refractivity contribution in [1.82, 2.24) is 0 Å². The number of hydrogen-bond donors (Lipinski definition) is 1. The summed E-state index contributed by atoms with van der Waals surface area (Å²) >= 11 is 0. The molecule has 0 aromatic heterocycles. The first-order valence-electron chi connectivity index (χ1n) is 7.39. The highest BCUT2D eigenvalue weighted by Gasteiger charge is 2.30. The van der Waals surface area contributed by atoms with Crippen molar-refractivity contribution in [3.05, 3.63) is 35.4 Å². The summed E-state index contributed by atoms with van der Waals surface area (Å²) in [4.78, 5) is 0. The molecule has 4 heteroatoms. The molecule has 112 valence electrons. The first-order valence-corrected chi connectivity index (χ1v) is 7.39. The molecule has 1 fully saturated rings. The van der Waals surface area contributed by atoms with Gasteiger partial charge in [-0.25, -0.2) is 0 Å². The van der Waals surface area contributed by atoms with Crippen molar-refractivity contribution in [1.29, 1.82) is 0 Å². The molecular formula is C16H22F3N. The molecule has 2 rings (SSSR count). The van der Waals surface area contributed by atoms with Gasteiger partial charge in [-0.05, 0) is 30.0 Å². The highest BCUT2D eigenvalue weighted by Crippen LogP contribution is 2.32. The summed E-state index contributed by atoms with van der Waals surface area (Å²) in [6.45, 7) is 0. The Balaban J connectivity index is 1.96. The van der Waals surface area contributed by atoms with Gasteiger partial charge in [-0.15, -0.1) is 0 Å². The van der Waals surface area contributed by atoms with E-state index in [1.54, 1.807) is 0 Å².